The van der Waals surface area contributed by atoms with Crippen molar-refractivity contribution in [3.05, 3.63) is 35.2 Å². The Bertz CT molecular complexity index is 692. The van der Waals surface area contributed by atoms with Crippen molar-refractivity contribution in [2.45, 2.75) is 51.7 Å². The Kier molecular flexibility index (Phi) is 4.84. The van der Waals surface area contributed by atoms with Crippen LogP contribution in [0.15, 0.2) is 17.0 Å². The van der Waals surface area contributed by atoms with Gasteiger partial charge in [0.15, 0.2) is 5.82 Å². The Morgan fingerprint density at radius 3 is 2.71 bits per heavy atom. The lowest BCUT2D eigenvalue weighted by Gasteiger charge is -2.32. The van der Waals surface area contributed by atoms with Crippen LogP contribution in [0.4, 0.5) is 0 Å². The number of rotatable bonds is 5. The van der Waals surface area contributed by atoms with Crippen LogP contribution in [0.2, 0.25) is 0 Å². The van der Waals surface area contributed by atoms with E-state index >= 15 is 0 Å². The van der Waals surface area contributed by atoms with Gasteiger partial charge in [0.2, 0.25) is 5.91 Å². The molecule has 24 heavy (non-hydrogen) atoms. The third kappa shape index (κ3) is 3.76. The van der Waals surface area contributed by atoms with E-state index in [1.807, 2.05) is 6.92 Å². The lowest BCUT2D eigenvalue weighted by atomic mass is 9.95. The van der Waals surface area contributed by atoms with E-state index in [0.717, 1.165) is 31.4 Å². The summed E-state index contributed by atoms with van der Waals surface area (Å²) in [5.74, 6) is 0.544. The summed E-state index contributed by atoms with van der Waals surface area (Å²) in [6, 6.07) is 0. The third-order valence-corrected chi connectivity index (χ3v) is 4.21. The molecular formula is C16H21N5O3. The van der Waals surface area contributed by atoms with Crippen LogP contribution in [0.25, 0.3) is 0 Å². The number of aromatic nitrogens is 4. The summed E-state index contributed by atoms with van der Waals surface area (Å²) in [5.41, 5.74) is 1.60. The van der Waals surface area contributed by atoms with Crippen molar-refractivity contribution < 1.29 is 14.2 Å². The molecule has 3 heterocycles. The molecule has 128 valence electrons. The molecule has 1 aliphatic heterocycles. The van der Waals surface area contributed by atoms with E-state index in [0.29, 0.717) is 23.8 Å². The van der Waals surface area contributed by atoms with Crippen molar-refractivity contribution in [3.63, 3.8) is 0 Å². The molecule has 3 rings (SSSR count). The maximum absolute atomic E-state index is 11.9. The van der Waals surface area contributed by atoms with Crippen molar-refractivity contribution in [1.82, 2.24) is 25.6 Å². The summed E-state index contributed by atoms with van der Waals surface area (Å²) in [7, 11) is 0. The van der Waals surface area contributed by atoms with Gasteiger partial charge in [0.25, 0.3) is 0 Å². The van der Waals surface area contributed by atoms with Gasteiger partial charge >= 0.3 is 0 Å². The molecule has 1 saturated heterocycles. The second-order valence-corrected chi connectivity index (χ2v) is 6.20. The summed E-state index contributed by atoms with van der Waals surface area (Å²) >= 11 is 0. The molecule has 1 amide bonds. The van der Waals surface area contributed by atoms with E-state index in [1.165, 1.54) is 0 Å². The molecule has 0 aromatic carbocycles. The molecule has 0 saturated carbocycles. The van der Waals surface area contributed by atoms with Gasteiger partial charge in [-0.25, -0.2) is 14.6 Å². The molecule has 1 atom stereocenters. The first-order valence-electron chi connectivity index (χ1n) is 8.07. The van der Waals surface area contributed by atoms with Crippen molar-refractivity contribution >= 4 is 5.91 Å². The summed E-state index contributed by atoms with van der Waals surface area (Å²) in [6.07, 6.45) is 6.73. The van der Waals surface area contributed by atoms with Crippen LogP contribution in [0.3, 0.4) is 0 Å². The SMILES string of the molecule is Cc1nonc1CC(=O)NCc1cnc(C2(C)CCCCO2)nc1. The predicted octanol–water partition coefficient (Wildman–Crippen LogP) is 1.44. The van der Waals surface area contributed by atoms with Crippen LogP contribution in [0.5, 0.6) is 0 Å². The lowest BCUT2D eigenvalue weighted by molar-refractivity contribution is -0.120. The number of nitrogens with one attached hydrogen (secondary N) is 1. The van der Waals surface area contributed by atoms with Gasteiger partial charge in [-0.2, -0.15) is 0 Å². The molecule has 0 spiro atoms. The first-order chi connectivity index (χ1) is 11.6. The van der Waals surface area contributed by atoms with Crippen molar-refractivity contribution in [1.29, 1.82) is 0 Å². The topological polar surface area (TPSA) is 103 Å². The third-order valence-electron chi connectivity index (χ3n) is 4.21. The van der Waals surface area contributed by atoms with E-state index in [1.54, 1.807) is 19.3 Å². The second kappa shape index (κ2) is 7.04. The number of carbonyl (C=O) groups is 1. The molecule has 1 N–H and O–H groups in total. The Morgan fingerprint density at radius 2 is 2.08 bits per heavy atom. The smallest absolute Gasteiger partial charge is 0.226 e. The highest BCUT2D eigenvalue weighted by atomic mass is 16.6. The zero-order chi connectivity index (χ0) is 17.0. The number of ether oxygens (including phenoxy) is 1. The van der Waals surface area contributed by atoms with E-state index in [4.69, 9.17) is 4.74 Å². The first-order valence-corrected chi connectivity index (χ1v) is 8.07. The highest BCUT2D eigenvalue weighted by Crippen LogP contribution is 2.32. The molecule has 1 fully saturated rings. The number of aryl methyl sites for hydroxylation is 1. The van der Waals surface area contributed by atoms with Crippen molar-refractivity contribution in [3.8, 4) is 0 Å². The molecule has 0 bridgehead atoms. The van der Waals surface area contributed by atoms with Gasteiger partial charge in [-0.15, -0.1) is 0 Å². The summed E-state index contributed by atoms with van der Waals surface area (Å²) in [5, 5.41) is 10.2. The number of nitrogens with zero attached hydrogens (tertiary/aromatic N) is 4. The summed E-state index contributed by atoms with van der Waals surface area (Å²) in [6.45, 7) is 4.88. The predicted molar refractivity (Wildman–Crippen MR) is 83.8 cm³/mol. The fourth-order valence-electron chi connectivity index (χ4n) is 2.65. The van der Waals surface area contributed by atoms with Crippen LogP contribution in [0, 0.1) is 6.92 Å². The number of hydrogen-bond donors (Lipinski definition) is 1. The second-order valence-electron chi connectivity index (χ2n) is 6.20. The highest BCUT2D eigenvalue weighted by molar-refractivity contribution is 5.78. The molecule has 8 heteroatoms. The molecule has 0 aliphatic carbocycles. The zero-order valence-corrected chi connectivity index (χ0v) is 13.9. The molecular weight excluding hydrogens is 310 g/mol. The monoisotopic (exact) mass is 331 g/mol. The average Bonchev–Trinajstić information content (AvgIpc) is 2.99. The largest absolute Gasteiger partial charge is 0.367 e. The summed E-state index contributed by atoms with van der Waals surface area (Å²) < 4.78 is 10.4. The standard InChI is InChI=1S/C16H21N5O3/c1-11-13(21-24-20-11)7-14(22)17-8-12-9-18-15(19-10-12)16(2)5-3-4-6-23-16/h9-10H,3-8H2,1-2H3,(H,17,22). The molecule has 1 unspecified atom stereocenters. The zero-order valence-electron chi connectivity index (χ0n) is 13.9. The minimum Gasteiger partial charge on any atom is -0.367 e. The minimum atomic E-state index is -0.405. The lowest BCUT2D eigenvalue weighted by Crippen LogP contribution is -2.32. The van der Waals surface area contributed by atoms with Gasteiger partial charge in [-0.05, 0) is 33.1 Å². The van der Waals surface area contributed by atoms with Crippen LogP contribution >= 0.6 is 0 Å². The normalized spacial score (nSPS) is 20.8. The molecule has 2 aromatic rings. The van der Waals surface area contributed by atoms with E-state index in [9.17, 15) is 4.79 Å². The van der Waals surface area contributed by atoms with Gasteiger partial charge in [0.1, 0.15) is 17.0 Å². The first kappa shape index (κ1) is 16.5. The van der Waals surface area contributed by atoms with E-state index in [-0.39, 0.29) is 12.3 Å². The van der Waals surface area contributed by atoms with E-state index in [2.05, 4.69) is 30.2 Å². The van der Waals surface area contributed by atoms with Crippen molar-refractivity contribution in [2.75, 3.05) is 6.61 Å². The Hall–Kier alpha value is -2.35. The summed E-state index contributed by atoms with van der Waals surface area (Å²) in [4.78, 5) is 20.8. The number of carbonyl (C=O) groups excluding carboxylic acids is 1. The molecule has 2 aromatic heterocycles. The van der Waals surface area contributed by atoms with Gasteiger partial charge in [-0.1, -0.05) is 10.3 Å². The van der Waals surface area contributed by atoms with Gasteiger partial charge in [0, 0.05) is 31.1 Å². The highest BCUT2D eigenvalue weighted by Gasteiger charge is 2.32. The quantitative estimate of drug-likeness (QED) is 0.884. The maximum Gasteiger partial charge on any atom is 0.226 e. The Labute approximate surface area is 140 Å². The number of hydrogen-bond acceptors (Lipinski definition) is 7. The molecule has 8 nitrogen and oxygen atoms in total. The van der Waals surface area contributed by atoms with Gasteiger partial charge < -0.3 is 10.1 Å². The van der Waals surface area contributed by atoms with Crippen LogP contribution in [0.1, 0.15) is 49.0 Å². The van der Waals surface area contributed by atoms with Crippen LogP contribution in [-0.4, -0.2) is 32.8 Å². The van der Waals surface area contributed by atoms with Gasteiger partial charge in [0.05, 0.1) is 6.42 Å². The molecule has 0 radical (unpaired) electrons. The number of amides is 1. The van der Waals surface area contributed by atoms with Gasteiger partial charge in [-0.3, -0.25) is 4.79 Å². The fraction of sp³-hybridized carbons (Fsp3) is 0.562. The minimum absolute atomic E-state index is 0.139. The van der Waals surface area contributed by atoms with Crippen LogP contribution < -0.4 is 5.32 Å². The maximum atomic E-state index is 11.9. The average molecular weight is 331 g/mol. The molecule has 1 aliphatic rings. The Balaban J connectivity index is 1.54. The van der Waals surface area contributed by atoms with Crippen molar-refractivity contribution in [2.24, 2.45) is 0 Å². The Morgan fingerprint density at radius 1 is 1.29 bits per heavy atom. The van der Waals surface area contributed by atoms with E-state index < -0.39 is 5.60 Å². The fourth-order valence-corrected chi connectivity index (χ4v) is 2.65. The van der Waals surface area contributed by atoms with Crippen LogP contribution in [-0.2, 0) is 28.1 Å².